The maximum Gasteiger partial charge on any atom is 0.0669 e. The number of hydrogen-bond acceptors (Lipinski definition) is 3. The average molecular weight is 272 g/mol. The molecule has 0 aliphatic rings. The highest BCUT2D eigenvalue weighted by Crippen LogP contribution is 2.20. The second-order valence-corrected chi connectivity index (χ2v) is 5.65. The Morgan fingerprint density at radius 3 is 2.35 bits per heavy atom. The van der Waals surface area contributed by atoms with Crippen molar-refractivity contribution >= 4 is 0 Å². The van der Waals surface area contributed by atoms with Gasteiger partial charge in [-0.1, -0.05) is 38.1 Å². The minimum atomic E-state index is 0.0751. The summed E-state index contributed by atoms with van der Waals surface area (Å²) < 4.78 is 1.89. The Morgan fingerprint density at radius 1 is 1.25 bits per heavy atom. The van der Waals surface area contributed by atoms with Gasteiger partial charge in [-0.15, -0.1) is 0 Å². The van der Waals surface area contributed by atoms with Crippen molar-refractivity contribution in [1.29, 1.82) is 0 Å². The molecule has 0 radical (unpaired) electrons. The van der Waals surface area contributed by atoms with Crippen molar-refractivity contribution in [3.8, 4) is 0 Å². The van der Waals surface area contributed by atoms with E-state index < -0.39 is 0 Å². The summed E-state index contributed by atoms with van der Waals surface area (Å²) in [6.07, 6.45) is 0.855. The van der Waals surface area contributed by atoms with Gasteiger partial charge in [0, 0.05) is 7.05 Å². The SMILES string of the molecule is Cc1cc(C(Cc2ccc(C(C)C)cc2)NN)n(C)n1. The molecule has 0 bridgehead atoms. The van der Waals surface area contributed by atoms with Crippen molar-refractivity contribution in [3.63, 3.8) is 0 Å². The van der Waals surface area contributed by atoms with Crippen LogP contribution in [0.3, 0.4) is 0 Å². The molecule has 108 valence electrons. The highest BCUT2D eigenvalue weighted by Gasteiger charge is 2.15. The Bertz CT molecular complexity index is 554. The zero-order valence-corrected chi connectivity index (χ0v) is 12.7. The number of aryl methyl sites for hydroxylation is 2. The van der Waals surface area contributed by atoms with Gasteiger partial charge in [-0.05, 0) is 36.5 Å². The molecule has 1 aromatic carbocycles. The standard InChI is InChI=1S/C16H24N4/c1-11(2)14-7-5-13(6-8-14)10-15(18-17)16-9-12(3)19-20(16)4/h5-9,11,15,18H,10,17H2,1-4H3. The van der Waals surface area contributed by atoms with Crippen LogP contribution < -0.4 is 11.3 Å². The monoisotopic (exact) mass is 272 g/mol. The molecule has 0 fully saturated rings. The van der Waals surface area contributed by atoms with Crippen LogP contribution in [-0.2, 0) is 13.5 Å². The summed E-state index contributed by atoms with van der Waals surface area (Å²) in [4.78, 5) is 0. The van der Waals surface area contributed by atoms with Crippen molar-refractivity contribution in [2.75, 3.05) is 0 Å². The maximum absolute atomic E-state index is 5.72. The van der Waals surface area contributed by atoms with Crippen LogP contribution in [0.25, 0.3) is 0 Å². The molecule has 1 unspecified atom stereocenters. The van der Waals surface area contributed by atoms with Gasteiger partial charge < -0.3 is 0 Å². The molecule has 3 N–H and O–H groups in total. The maximum atomic E-state index is 5.72. The van der Waals surface area contributed by atoms with Crippen LogP contribution in [0.1, 0.15) is 48.3 Å². The van der Waals surface area contributed by atoms with Gasteiger partial charge in [0.25, 0.3) is 0 Å². The van der Waals surface area contributed by atoms with Crippen LogP contribution in [0.2, 0.25) is 0 Å². The van der Waals surface area contributed by atoms with Gasteiger partial charge in [0.1, 0.15) is 0 Å². The van der Waals surface area contributed by atoms with Gasteiger partial charge in [-0.2, -0.15) is 5.10 Å². The number of nitrogens with two attached hydrogens (primary N) is 1. The molecule has 1 heterocycles. The summed E-state index contributed by atoms with van der Waals surface area (Å²) in [6, 6.07) is 10.9. The summed E-state index contributed by atoms with van der Waals surface area (Å²) in [7, 11) is 1.95. The Labute approximate surface area is 121 Å². The lowest BCUT2D eigenvalue weighted by molar-refractivity contribution is 0.508. The number of hydrazine groups is 1. The van der Waals surface area contributed by atoms with E-state index in [4.69, 9.17) is 5.84 Å². The summed E-state index contributed by atoms with van der Waals surface area (Å²) in [6.45, 7) is 6.41. The van der Waals surface area contributed by atoms with Crippen LogP contribution in [0.15, 0.2) is 30.3 Å². The number of aromatic nitrogens is 2. The predicted molar refractivity (Wildman–Crippen MR) is 82.2 cm³/mol. The lowest BCUT2D eigenvalue weighted by Crippen LogP contribution is -2.31. The van der Waals surface area contributed by atoms with Crippen molar-refractivity contribution in [3.05, 3.63) is 52.8 Å². The Hall–Kier alpha value is -1.65. The minimum Gasteiger partial charge on any atom is -0.271 e. The van der Waals surface area contributed by atoms with Gasteiger partial charge in [0.05, 0.1) is 17.4 Å². The fraction of sp³-hybridized carbons (Fsp3) is 0.438. The third-order valence-electron chi connectivity index (χ3n) is 3.68. The van der Waals surface area contributed by atoms with Crippen molar-refractivity contribution in [2.24, 2.45) is 12.9 Å². The molecule has 2 rings (SSSR count). The van der Waals surface area contributed by atoms with E-state index in [9.17, 15) is 0 Å². The number of benzene rings is 1. The molecule has 2 aromatic rings. The van der Waals surface area contributed by atoms with Gasteiger partial charge in [-0.25, -0.2) is 0 Å². The Balaban J connectivity index is 2.16. The molecule has 20 heavy (non-hydrogen) atoms. The van der Waals surface area contributed by atoms with Crippen LogP contribution in [-0.4, -0.2) is 9.78 Å². The van der Waals surface area contributed by atoms with Crippen LogP contribution in [0.5, 0.6) is 0 Å². The first kappa shape index (κ1) is 14.8. The fourth-order valence-electron chi connectivity index (χ4n) is 2.48. The molecule has 4 heteroatoms. The van der Waals surface area contributed by atoms with Crippen molar-refractivity contribution in [2.45, 2.75) is 39.2 Å². The van der Waals surface area contributed by atoms with Crippen LogP contribution in [0.4, 0.5) is 0 Å². The molecular formula is C16H24N4. The average Bonchev–Trinajstić information content (AvgIpc) is 2.75. The van der Waals surface area contributed by atoms with E-state index in [0.29, 0.717) is 5.92 Å². The Morgan fingerprint density at radius 2 is 1.90 bits per heavy atom. The van der Waals surface area contributed by atoms with Gasteiger partial charge in [0.2, 0.25) is 0 Å². The summed E-state index contributed by atoms with van der Waals surface area (Å²) >= 11 is 0. The first-order chi connectivity index (χ1) is 9.51. The Kier molecular flexibility index (Phi) is 4.57. The molecule has 0 saturated heterocycles. The number of nitrogens with one attached hydrogen (secondary N) is 1. The van der Waals surface area contributed by atoms with E-state index in [1.54, 1.807) is 0 Å². The highest BCUT2D eigenvalue weighted by atomic mass is 15.3. The molecule has 0 saturated carbocycles. The second-order valence-electron chi connectivity index (χ2n) is 5.65. The second kappa shape index (κ2) is 6.20. The van der Waals surface area contributed by atoms with E-state index in [2.05, 4.69) is 54.7 Å². The summed E-state index contributed by atoms with van der Waals surface area (Å²) in [5, 5.41) is 4.38. The first-order valence-electron chi connectivity index (χ1n) is 7.06. The smallest absolute Gasteiger partial charge is 0.0669 e. The minimum absolute atomic E-state index is 0.0751. The number of hydrogen-bond donors (Lipinski definition) is 2. The summed E-state index contributed by atoms with van der Waals surface area (Å²) in [5.41, 5.74) is 7.66. The number of rotatable bonds is 5. The zero-order valence-electron chi connectivity index (χ0n) is 12.7. The third-order valence-corrected chi connectivity index (χ3v) is 3.68. The van der Waals surface area contributed by atoms with E-state index >= 15 is 0 Å². The quantitative estimate of drug-likeness (QED) is 0.650. The third kappa shape index (κ3) is 3.26. The van der Waals surface area contributed by atoms with E-state index in [1.807, 2.05) is 18.7 Å². The molecular weight excluding hydrogens is 248 g/mol. The van der Waals surface area contributed by atoms with Crippen molar-refractivity contribution < 1.29 is 0 Å². The molecule has 0 aliphatic heterocycles. The zero-order chi connectivity index (χ0) is 14.7. The molecule has 1 aromatic heterocycles. The highest BCUT2D eigenvalue weighted by molar-refractivity contribution is 5.26. The normalized spacial score (nSPS) is 12.9. The van der Waals surface area contributed by atoms with E-state index in [1.165, 1.54) is 11.1 Å². The van der Waals surface area contributed by atoms with Gasteiger partial charge in [-0.3, -0.25) is 16.0 Å². The van der Waals surface area contributed by atoms with Crippen LogP contribution >= 0.6 is 0 Å². The molecule has 4 nitrogen and oxygen atoms in total. The van der Waals surface area contributed by atoms with E-state index in [-0.39, 0.29) is 6.04 Å². The first-order valence-corrected chi connectivity index (χ1v) is 7.06. The van der Waals surface area contributed by atoms with E-state index in [0.717, 1.165) is 17.8 Å². The van der Waals surface area contributed by atoms with Gasteiger partial charge in [0.15, 0.2) is 0 Å². The lowest BCUT2D eigenvalue weighted by atomic mass is 9.98. The van der Waals surface area contributed by atoms with Crippen LogP contribution in [0, 0.1) is 6.92 Å². The molecule has 1 atom stereocenters. The van der Waals surface area contributed by atoms with Crippen molar-refractivity contribution in [1.82, 2.24) is 15.2 Å². The fourth-order valence-corrected chi connectivity index (χ4v) is 2.48. The topological polar surface area (TPSA) is 55.9 Å². The van der Waals surface area contributed by atoms with Gasteiger partial charge >= 0.3 is 0 Å². The predicted octanol–water partition coefficient (Wildman–Crippen LogP) is 2.60. The molecule has 0 spiro atoms. The molecule has 0 amide bonds. The largest absolute Gasteiger partial charge is 0.271 e. The number of nitrogens with zero attached hydrogens (tertiary/aromatic N) is 2. The molecule has 0 aliphatic carbocycles. The summed E-state index contributed by atoms with van der Waals surface area (Å²) in [5.74, 6) is 6.28. The lowest BCUT2D eigenvalue weighted by Gasteiger charge is -2.16.